The highest BCUT2D eigenvalue weighted by atomic mass is 35.5. The summed E-state index contributed by atoms with van der Waals surface area (Å²) in [6, 6.07) is 12.0. The molecular formula is C22H24ClF3N2O2. The number of nitrogens with zero attached hydrogens (tertiary/aromatic N) is 1. The molecule has 1 N–H and O–H groups in total. The van der Waals surface area contributed by atoms with Gasteiger partial charge in [0, 0.05) is 35.8 Å². The fourth-order valence-corrected chi connectivity index (χ4v) is 3.39. The van der Waals surface area contributed by atoms with Crippen LogP contribution in [0.3, 0.4) is 0 Å². The summed E-state index contributed by atoms with van der Waals surface area (Å²) >= 11 is 0. The number of fused-ring (bicyclic) bond motifs is 1. The van der Waals surface area contributed by atoms with E-state index in [4.69, 9.17) is 4.74 Å². The van der Waals surface area contributed by atoms with Crippen LogP contribution in [-0.4, -0.2) is 17.1 Å². The summed E-state index contributed by atoms with van der Waals surface area (Å²) in [5, 5.41) is 4.00. The smallest absolute Gasteiger partial charge is 0.416 e. The minimum atomic E-state index is -4.41. The van der Waals surface area contributed by atoms with E-state index < -0.39 is 23.8 Å². The van der Waals surface area contributed by atoms with Gasteiger partial charge in [-0.25, -0.2) is 4.79 Å². The molecule has 0 aliphatic heterocycles. The van der Waals surface area contributed by atoms with E-state index in [9.17, 15) is 18.0 Å². The van der Waals surface area contributed by atoms with Gasteiger partial charge in [0.1, 0.15) is 6.04 Å². The third-order valence-electron chi connectivity index (χ3n) is 4.76. The Hall–Kier alpha value is -2.51. The zero-order valence-corrected chi connectivity index (χ0v) is 17.5. The molecule has 0 bridgehead atoms. The predicted octanol–water partition coefficient (Wildman–Crippen LogP) is 5.50. The van der Waals surface area contributed by atoms with E-state index in [0.717, 1.165) is 35.1 Å². The van der Waals surface area contributed by atoms with E-state index >= 15 is 0 Å². The van der Waals surface area contributed by atoms with E-state index in [1.54, 1.807) is 13.0 Å². The molecule has 1 atom stereocenters. The molecule has 0 saturated heterocycles. The quantitative estimate of drug-likeness (QED) is 0.493. The lowest BCUT2D eigenvalue weighted by molar-refractivity contribution is -0.146. The number of ether oxygens (including phenoxy) is 1. The number of aromatic nitrogens is 1. The van der Waals surface area contributed by atoms with E-state index in [1.807, 2.05) is 42.0 Å². The maximum absolute atomic E-state index is 13.0. The van der Waals surface area contributed by atoms with Crippen molar-refractivity contribution < 1.29 is 22.7 Å². The van der Waals surface area contributed by atoms with Crippen molar-refractivity contribution in [1.29, 1.82) is 0 Å². The molecule has 1 heterocycles. The zero-order valence-electron chi connectivity index (χ0n) is 16.7. The summed E-state index contributed by atoms with van der Waals surface area (Å²) in [4.78, 5) is 12.7. The van der Waals surface area contributed by atoms with Gasteiger partial charge in [0.2, 0.25) is 0 Å². The Morgan fingerprint density at radius 2 is 1.87 bits per heavy atom. The van der Waals surface area contributed by atoms with E-state index in [2.05, 4.69) is 5.32 Å². The number of hydrogen-bond donors (Lipinski definition) is 1. The van der Waals surface area contributed by atoms with Crippen molar-refractivity contribution in [1.82, 2.24) is 9.88 Å². The van der Waals surface area contributed by atoms with Crippen molar-refractivity contribution in [3.8, 4) is 0 Å². The van der Waals surface area contributed by atoms with Gasteiger partial charge < -0.3 is 9.30 Å². The molecule has 0 radical (unpaired) electrons. The summed E-state index contributed by atoms with van der Waals surface area (Å²) in [5.74, 6) is -0.460. The predicted molar refractivity (Wildman–Crippen MR) is 113 cm³/mol. The molecule has 1 unspecified atom stereocenters. The number of para-hydroxylation sites is 1. The second-order valence-corrected chi connectivity index (χ2v) is 6.65. The standard InChI is InChI=1S/C22H23F3N2O2.ClH/c1-3-27-14-18(17-10-5-6-11-19(17)27)20(21(28)29-4-2)26-13-15-8-7-9-16(12-15)22(23,24)25;/h5-12,14,20,26H,3-4,13H2,1-2H3;1H. The van der Waals surface area contributed by atoms with Crippen LogP contribution < -0.4 is 5.32 Å². The highest BCUT2D eigenvalue weighted by Crippen LogP contribution is 2.30. The SMILES string of the molecule is CCOC(=O)C(NCc1cccc(C(F)(F)F)c1)c1cn(CC)c2ccccc12.Cl. The molecule has 3 rings (SSSR count). The first-order chi connectivity index (χ1) is 13.8. The molecule has 3 aromatic rings. The van der Waals surface area contributed by atoms with Crippen molar-refractivity contribution in [3.05, 3.63) is 71.4 Å². The number of benzene rings is 2. The Morgan fingerprint density at radius 3 is 2.53 bits per heavy atom. The fourth-order valence-electron chi connectivity index (χ4n) is 3.39. The molecule has 30 heavy (non-hydrogen) atoms. The van der Waals surface area contributed by atoms with Crippen LogP contribution in [0, 0.1) is 0 Å². The summed E-state index contributed by atoms with van der Waals surface area (Å²) in [6.07, 6.45) is -2.52. The third-order valence-corrected chi connectivity index (χ3v) is 4.76. The minimum Gasteiger partial charge on any atom is -0.465 e. The van der Waals surface area contributed by atoms with Crippen LogP contribution in [0.4, 0.5) is 13.2 Å². The van der Waals surface area contributed by atoms with E-state index in [0.29, 0.717) is 5.56 Å². The molecule has 8 heteroatoms. The Morgan fingerprint density at radius 1 is 1.13 bits per heavy atom. The Bertz CT molecular complexity index is 1000. The van der Waals surface area contributed by atoms with Gasteiger partial charge in [0.25, 0.3) is 0 Å². The lowest BCUT2D eigenvalue weighted by Gasteiger charge is -2.18. The fraction of sp³-hybridized carbons (Fsp3) is 0.318. The maximum atomic E-state index is 13.0. The number of halogens is 4. The van der Waals surface area contributed by atoms with Crippen molar-refractivity contribution in [3.63, 3.8) is 0 Å². The normalized spacial score (nSPS) is 12.4. The van der Waals surface area contributed by atoms with Crippen LogP contribution in [0.15, 0.2) is 54.7 Å². The van der Waals surface area contributed by atoms with Gasteiger partial charge in [-0.05, 0) is 31.5 Å². The van der Waals surface area contributed by atoms with Crippen molar-refractivity contribution >= 4 is 29.3 Å². The molecule has 162 valence electrons. The number of esters is 1. The van der Waals surface area contributed by atoms with Crippen LogP contribution in [0.5, 0.6) is 0 Å². The Kier molecular flexibility index (Phi) is 7.92. The van der Waals surface area contributed by atoms with Crippen LogP contribution in [-0.2, 0) is 28.8 Å². The number of aryl methyl sites for hydroxylation is 1. The first kappa shape index (κ1) is 23.8. The van der Waals surface area contributed by atoms with E-state index in [1.165, 1.54) is 6.07 Å². The molecule has 0 fully saturated rings. The van der Waals surface area contributed by atoms with Gasteiger partial charge in [0.05, 0.1) is 12.2 Å². The monoisotopic (exact) mass is 440 g/mol. The van der Waals surface area contributed by atoms with Crippen LogP contribution in [0.1, 0.15) is 36.6 Å². The summed E-state index contributed by atoms with van der Waals surface area (Å²) < 4.78 is 46.2. The van der Waals surface area contributed by atoms with Gasteiger partial charge in [-0.3, -0.25) is 5.32 Å². The van der Waals surface area contributed by atoms with Gasteiger partial charge in [-0.1, -0.05) is 36.4 Å². The lowest BCUT2D eigenvalue weighted by atomic mass is 10.0. The van der Waals surface area contributed by atoms with Crippen LogP contribution in [0.25, 0.3) is 10.9 Å². The summed E-state index contributed by atoms with van der Waals surface area (Å²) in [7, 11) is 0. The molecular weight excluding hydrogens is 417 g/mol. The number of hydrogen-bond acceptors (Lipinski definition) is 3. The van der Waals surface area contributed by atoms with Crippen LogP contribution >= 0.6 is 12.4 Å². The van der Waals surface area contributed by atoms with Gasteiger partial charge in [-0.2, -0.15) is 13.2 Å². The second-order valence-electron chi connectivity index (χ2n) is 6.65. The van der Waals surface area contributed by atoms with Crippen molar-refractivity contribution in [2.75, 3.05) is 6.61 Å². The van der Waals surface area contributed by atoms with E-state index in [-0.39, 0.29) is 25.6 Å². The number of carbonyl (C=O) groups excluding carboxylic acids is 1. The maximum Gasteiger partial charge on any atom is 0.416 e. The molecule has 1 aromatic heterocycles. The first-order valence-electron chi connectivity index (χ1n) is 9.49. The topological polar surface area (TPSA) is 43.3 Å². The molecule has 4 nitrogen and oxygen atoms in total. The number of nitrogens with one attached hydrogen (secondary N) is 1. The van der Waals surface area contributed by atoms with Crippen molar-refractivity contribution in [2.24, 2.45) is 0 Å². The van der Waals surface area contributed by atoms with Gasteiger partial charge >= 0.3 is 12.1 Å². The summed E-state index contributed by atoms with van der Waals surface area (Å²) in [6.45, 7) is 4.76. The number of rotatable bonds is 7. The lowest BCUT2D eigenvalue weighted by Crippen LogP contribution is -2.30. The minimum absolute atomic E-state index is 0. The average molecular weight is 441 g/mol. The average Bonchev–Trinajstić information content (AvgIpc) is 3.07. The zero-order chi connectivity index (χ0) is 21.0. The number of carbonyl (C=O) groups is 1. The Balaban J connectivity index is 0.00000320. The number of alkyl halides is 3. The highest BCUT2D eigenvalue weighted by molar-refractivity contribution is 5.90. The third kappa shape index (κ3) is 5.15. The largest absolute Gasteiger partial charge is 0.465 e. The van der Waals surface area contributed by atoms with Gasteiger partial charge in [0.15, 0.2) is 0 Å². The molecule has 0 spiro atoms. The van der Waals surface area contributed by atoms with Crippen molar-refractivity contribution in [2.45, 2.75) is 39.2 Å². The molecule has 0 saturated carbocycles. The van der Waals surface area contributed by atoms with Crippen LogP contribution in [0.2, 0.25) is 0 Å². The molecule has 0 aliphatic rings. The summed E-state index contributed by atoms with van der Waals surface area (Å²) in [5.41, 5.74) is 1.45. The molecule has 0 aliphatic carbocycles. The second kappa shape index (κ2) is 10.00. The molecule has 0 amide bonds. The van der Waals surface area contributed by atoms with Gasteiger partial charge in [-0.15, -0.1) is 12.4 Å². The molecule has 2 aromatic carbocycles. The Labute approximate surface area is 179 Å². The highest BCUT2D eigenvalue weighted by Gasteiger charge is 2.30. The first-order valence-corrected chi connectivity index (χ1v) is 9.49.